The van der Waals surface area contributed by atoms with Crippen molar-refractivity contribution in [3.63, 3.8) is 0 Å². The van der Waals surface area contributed by atoms with Crippen LogP contribution in [0.25, 0.3) is 5.57 Å². The summed E-state index contributed by atoms with van der Waals surface area (Å²) in [6.45, 7) is 11.3. The molecule has 2 aliphatic rings. The molecule has 3 rings (SSSR count). The van der Waals surface area contributed by atoms with E-state index in [0.717, 1.165) is 5.01 Å². The molecular formula is C20H26N4O4. The van der Waals surface area contributed by atoms with E-state index in [9.17, 15) is 19.5 Å². The summed E-state index contributed by atoms with van der Waals surface area (Å²) in [7, 11) is 3.06. The average molecular weight is 386 g/mol. The molecule has 0 saturated carbocycles. The molecule has 0 radical (unpaired) electrons. The fourth-order valence-corrected chi connectivity index (χ4v) is 3.45. The quantitative estimate of drug-likeness (QED) is 0.720. The number of Topliss-reactive ketones (excluding diaryl/α,β-unsaturated/α-hetero) is 1. The molecule has 1 aromatic heterocycles. The number of hydrogen-bond acceptors (Lipinski definition) is 5. The molecule has 8 nitrogen and oxygen atoms in total. The summed E-state index contributed by atoms with van der Waals surface area (Å²) >= 11 is 0. The number of likely N-dealkylation sites (N-methyl/N-ethyl adjacent to an activating group) is 1. The second-order valence-corrected chi connectivity index (χ2v) is 9.31. The van der Waals surface area contributed by atoms with Crippen molar-refractivity contribution in [1.82, 2.24) is 14.8 Å². The summed E-state index contributed by atoms with van der Waals surface area (Å²) in [6, 6.07) is 0. The number of nitrogens with zero attached hydrogens (tertiary/aromatic N) is 3. The van der Waals surface area contributed by atoms with Gasteiger partial charge >= 0.3 is 0 Å². The van der Waals surface area contributed by atoms with Crippen LogP contribution in [0.3, 0.4) is 0 Å². The molecular weight excluding hydrogens is 360 g/mol. The lowest BCUT2D eigenvalue weighted by Gasteiger charge is -2.27. The van der Waals surface area contributed by atoms with Crippen LogP contribution in [0.15, 0.2) is 26.8 Å². The Morgan fingerprint density at radius 2 is 1.46 bits per heavy atom. The molecule has 0 fully saturated rings. The Morgan fingerprint density at radius 1 is 0.893 bits per heavy atom. The minimum atomic E-state index is -0.518. The number of aliphatic hydroxyl groups is 1. The Hall–Kier alpha value is -2.90. The van der Waals surface area contributed by atoms with Gasteiger partial charge in [-0.25, -0.2) is 5.01 Å². The number of aliphatic hydroxyl groups excluding tert-OH is 1. The first-order valence-corrected chi connectivity index (χ1v) is 9.07. The number of allylic oxidation sites excluding steroid dienone is 2. The molecule has 1 aliphatic carbocycles. The van der Waals surface area contributed by atoms with Crippen molar-refractivity contribution >= 4 is 23.0 Å². The summed E-state index contributed by atoms with van der Waals surface area (Å²) in [5, 5.41) is 19.2. The van der Waals surface area contributed by atoms with E-state index in [1.807, 2.05) is 41.5 Å². The molecule has 2 heterocycles. The van der Waals surface area contributed by atoms with E-state index in [1.54, 1.807) is 7.05 Å². The largest absolute Gasteiger partial charge is 0.506 e. The highest BCUT2D eigenvalue weighted by atomic mass is 16.3. The Morgan fingerprint density at radius 3 is 1.93 bits per heavy atom. The molecule has 0 saturated heterocycles. The Kier molecular flexibility index (Phi) is 4.11. The fraction of sp³-hybridized carbons (Fsp3) is 0.500. The number of H-pyrrole nitrogens is 1. The summed E-state index contributed by atoms with van der Waals surface area (Å²) in [4.78, 5) is 38.3. The van der Waals surface area contributed by atoms with Crippen molar-refractivity contribution in [2.24, 2.45) is 17.6 Å². The van der Waals surface area contributed by atoms with Gasteiger partial charge in [0.05, 0.1) is 33.7 Å². The van der Waals surface area contributed by atoms with Crippen molar-refractivity contribution in [2.75, 3.05) is 7.05 Å². The molecule has 2 N–H and O–H groups in total. The minimum absolute atomic E-state index is 0.0510. The molecule has 1 amide bonds. The number of ketones is 1. The van der Waals surface area contributed by atoms with Crippen LogP contribution < -0.4 is 5.56 Å². The van der Waals surface area contributed by atoms with Crippen LogP contribution in [-0.4, -0.2) is 44.3 Å². The lowest BCUT2D eigenvalue weighted by atomic mass is 9.74. The van der Waals surface area contributed by atoms with E-state index in [2.05, 4.69) is 10.2 Å². The smallest absolute Gasteiger partial charge is 0.276 e. The normalized spacial score (nSPS) is 20.9. The van der Waals surface area contributed by atoms with E-state index in [4.69, 9.17) is 0 Å². The van der Waals surface area contributed by atoms with Crippen LogP contribution in [0.2, 0.25) is 0 Å². The van der Waals surface area contributed by atoms with Crippen LogP contribution in [0.4, 0.5) is 0 Å². The predicted molar refractivity (Wildman–Crippen MR) is 106 cm³/mol. The van der Waals surface area contributed by atoms with Crippen molar-refractivity contribution < 1.29 is 14.7 Å². The van der Waals surface area contributed by atoms with E-state index in [1.165, 1.54) is 11.7 Å². The van der Waals surface area contributed by atoms with Crippen LogP contribution in [-0.2, 0) is 22.1 Å². The molecule has 0 atom stereocenters. The Balaban J connectivity index is 2.28. The standard InChI is InChI=1S/C20H26N4O4/c1-19(2,3)15-11(17(27)23(7)21-15)9-13(25)10(14(9)26)12-16(20(4,5)6)22-24(8)18(12)28/h21,25H,1-8H3/b12-10+. The monoisotopic (exact) mass is 386 g/mol. The van der Waals surface area contributed by atoms with Crippen molar-refractivity contribution in [1.29, 1.82) is 0 Å². The minimum Gasteiger partial charge on any atom is -0.506 e. The lowest BCUT2D eigenvalue weighted by molar-refractivity contribution is -0.125. The zero-order valence-corrected chi connectivity index (χ0v) is 17.5. The molecule has 0 aromatic carbocycles. The van der Waals surface area contributed by atoms with E-state index >= 15 is 0 Å². The number of hydrogen-bond donors (Lipinski definition) is 2. The third kappa shape index (κ3) is 2.66. The number of nitrogens with one attached hydrogen (secondary N) is 1. The number of aromatic nitrogens is 2. The molecule has 0 spiro atoms. The van der Waals surface area contributed by atoms with E-state index in [-0.39, 0.29) is 28.0 Å². The Bertz CT molecular complexity index is 1070. The van der Waals surface area contributed by atoms with E-state index in [0.29, 0.717) is 11.4 Å². The van der Waals surface area contributed by atoms with Gasteiger partial charge in [0.2, 0.25) is 5.78 Å². The summed E-state index contributed by atoms with van der Waals surface area (Å²) in [6.07, 6.45) is 0. The van der Waals surface area contributed by atoms with Gasteiger partial charge in [0.1, 0.15) is 5.76 Å². The second kappa shape index (κ2) is 5.80. The van der Waals surface area contributed by atoms with Crippen LogP contribution in [0, 0.1) is 5.41 Å². The molecule has 1 aromatic rings. The number of carbonyl (C=O) groups excluding carboxylic acids is 2. The van der Waals surface area contributed by atoms with Gasteiger partial charge < -0.3 is 5.11 Å². The first-order chi connectivity index (χ1) is 12.7. The van der Waals surface area contributed by atoms with Gasteiger partial charge in [0, 0.05) is 24.9 Å². The molecule has 150 valence electrons. The molecule has 0 bridgehead atoms. The van der Waals surface area contributed by atoms with Gasteiger partial charge in [0.15, 0.2) is 0 Å². The molecule has 0 unspecified atom stereocenters. The van der Waals surface area contributed by atoms with Crippen LogP contribution >= 0.6 is 0 Å². The first kappa shape index (κ1) is 19.9. The Labute approximate surface area is 163 Å². The third-order valence-corrected chi connectivity index (χ3v) is 4.93. The zero-order chi connectivity index (χ0) is 21.3. The lowest BCUT2D eigenvalue weighted by Crippen LogP contribution is -2.33. The van der Waals surface area contributed by atoms with Crippen LogP contribution in [0.1, 0.15) is 52.8 Å². The van der Waals surface area contributed by atoms with Gasteiger partial charge in [0.25, 0.3) is 11.5 Å². The molecule has 1 aliphatic heterocycles. The van der Waals surface area contributed by atoms with E-state index < -0.39 is 28.1 Å². The molecule has 28 heavy (non-hydrogen) atoms. The predicted octanol–water partition coefficient (Wildman–Crippen LogP) is 2.03. The zero-order valence-electron chi connectivity index (χ0n) is 17.5. The number of carbonyl (C=O) groups is 2. The van der Waals surface area contributed by atoms with Gasteiger partial charge in [-0.1, -0.05) is 41.5 Å². The second-order valence-electron chi connectivity index (χ2n) is 9.31. The van der Waals surface area contributed by atoms with Gasteiger partial charge in [-0.15, -0.1) is 0 Å². The number of aryl methyl sites for hydroxylation is 1. The highest BCUT2D eigenvalue weighted by Gasteiger charge is 2.47. The highest BCUT2D eigenvalue weighted by molar-refractivity contribution is 6.44. The molecule has 8 heteroatoms. The fourth-order valence-electron chi connectivity index (χ4n) is 3.45. The maximum absolute atomic E-state index is 13.1. The summed E-state index contributed by atoms with van der Waals surface area (Å²) in [5.74, 6) is -1.30. The van der Waals surface area contributed by atoms with Gasteiger partial charge in [-0.3, -0.25) is 24.2 Å². The van der Waals surface area contributed by atoms with Crippen molar-refractivity contribution in [3.05, 3.63) is 38.5 Å². The van der Waals surface area contributed by atoms with Gasteiger partial charge in [-0.05, 0) is 0 Å². The highest BCUT2D eigenvalue weighted by Crippen LogP contribution is 2.42. The topological polar surface area (TPSA) is 108 Å². The number of rotatable bonds is 1. The maximum Gasteiger partial charge on any atom is 0.276 e. The number of aromatic amines is 1. The number of hydrazone groups is 1. The van der Waals surface area contributed by atoms with Crippen molar-refractivity contribution in [3.8, 4) is 0 Å². The third-order valence-electron chi connectivity index (χ3n) is 4.93. The summed E-state index contributed by atoms with van der Waals surface area (Å²) in [5.41, 5.74) is -0.228. The van der Waals surface area contributed by atoms with Crippen molar-refractivity contribution in [2.45, 2.75) is 47.0 Å². The summed E-state index contributed by atoms with van der Waals surface area (Å²) < 4.78 is 1.28. The average Bonchev–Trinajstić information content (AvgIpc) is 3.00. The number of amides is 1. The first-order valence-electron chi connectivity index (χ1n) is 9.07. The maximum atomic E-state index is 13.1. The van der Waals surface area contributed by atoms with Crippen LogP contribution in [0.5, 0.6) is 0 Å². The SMILES string of the molecule is CN1N=C(C(C)(C)C)/C(=C2\C(=O)C(c3c(C(C)(C)C)[nH]n(C)c3=O)=C2O)C1=O. The van der Waals surface area contributed by atoms with Gasteiger partial charge in [-0.2, -0.15) is 5.10 Å².